The van der Waals surface area contributed by atoms with Gasteiger partial charge in [0.2, 0.25) is 0 Å². The van der Waals surface area contributed by atoms with E-state index in [1.807, 2.05) is 6.92 Å². The van der Waals surface area contributed by atoms with E-state index in [4.69, 9.17) is 9.47 Å². The van der Waals surface area contributed by atoms with E-state index in [0.717, 1.165) is 5.56 Å². The molecule has 0 bridgehead atoms. The van der Waals surface area contributed by atoms with Crippen LogP contribution < -0.4 is 14.8 Å². The molecule has 0 saturated carbocycles. The first-order valence-corrected chi connectivity index (χ1v) is 6.91. The molecule has 1 atom stereocenters. The smallest absolute Gasteiger partial charge is 0.265 e. The van der Waals surface area contributed by atoms with Gasteiger partial charge in [-0.1, -0.05) is 6.07 Å². The minimum Gasteiger partial charge on any atom is -0.506 e. The van der Waals surface area contributed by atoms with Gasteiger partial charge in [0.1, 0.15) is 17.2 Å². The van der Waals surface area contributed by atoms with E-state index >= 15 is 0 Å². The normalized spacial score (nSPS) is 11.6. The first kappa shape index (κ1) is 15.7. The lowest BCUT2D eigenvalue weighted by Gasteiger charge is -2.15. The second-order valence-electron chi connectivity index (χ2n) is 4.95. The van der Waals surface area contributed by atoms with Crippen molar-refractivity contribution in [1.29, 1.82) is 0 Å². The molecule has 5 nitrogen and oxygen atoms in total. The molecule has 0 saturated heterocycles. The molecule has 0 aliphatic carbocycles. The highest BCUT2D eigenvalue weighted by molar-refractivity contribution is 5.95. The van der Waals surface area contributed by atoms with E-state index in [2.05, 4.69) is 5.32 Å². The number of amides is 1. The van der Waals surface area contributed by atoms with Crippen molar-refractivity contribution in [3.63, 3.8) is 0 Å². The summed E-state index contributed by atoms with van der Waals surface area (Å²) in [4.78, 5) is 12.1. The number of phenols is 1. The third-order valence-corrected chi connectivity index (χ3v) is 3.15. The minimum absolute atomic E-state index is 0.0237. The van der Waals surface area contributed by atoms with Gasteiger partial charge >= 0.3 is 0 Å². The van der Waals surface area contributed by atoms with E-state index in [1.165, 1.54) is 0 Å². The highest BCUT2D eigenvalue weighted by atomic mass is 16.5. The van der Waals surface area contributed by atoms with Crippen LogP contribution in [0.3, 0.4) is 0 Å². The average molecular weight is 301 g/mol. The first-order valence-electron chi connectivity index (χ1n) is 6.91. The van der Waals surface area contributed by atoms with Crippen LogP contribution >= 0.6 is 0 Å². The van der Waals surface area contributed by atoms with Gasteiger partial charge in [0, 0.05) is 0 Å². The number of ether oxygens (including phenoxy) is 2. The van der Waals surface area contributed by atoms with Gasteiger partial charge in [0.05, 0.1) is 12.8 Å². The molecule has 0 radical (unpaired) electrons. The van der Waals surface area contributed by atoms with Crippen LogP contribution in [0.1, 0.15) is 12.5 Å². The zero-order valence-electron chi connectivity index (χ0n) is 12.8. The summed E-state index contributed by atoms with van der Waals surface area (Å²) in [6.45, 7) is 3.53. The maximum absolute atomic E-state index is 12.1. The minimum atomic E-state index is -0.701. The fourth-order valence-electron chi connectivity index (χ4n) is 1.90. The lowest BCUT2D eigenvalue weighted by atomic mass is 10.2. The summed E-state index contributed by atoms with van der Waals surface area (Å²) < 4.78 is 10.6. The van der Waals surface area contributed by atoms with Crippen molar-refractivity contribution in [2.24, 2.45) is 0 Å². The Kier molecular flexibility index (Phi) is 4.88. The van der Waals surface area contributed by atoms with Crippen molar-refractivity contribution in [3.8, 4) is 17.2 Å². The molecule has 2 aromatic rings. The zero-order chi connectivity index (χ0) is 16.1. The average Bonchev–Trinajstić information content (AvgIpc) is 2.51. The molecule has 0 aliphatic heterocycles. The highest BCUT2D eigenvalue weighted by Gasteiger charge is 2.16. The molecular weight excluding hydrogens is 282 g/mol. The van der Waals surface area contributed by atoms with E-state index in [9.17, 15) is 9.90 Å². The number of aryl methyl sites for hydroxylation is 1. The summed E-state index contributed by atoms with van der Waals surface area (Å²) in [5.41, 5.74) is 1.31. The number of benzene rings is 2. The van der Waals surface area contributed by atoms with Crippen LogP contribution in [0.5, 0.6) is 17.2 Å². The van der Waals surface area contributed by atoms with Gasteiger partial charge in [-0.15, -0.1) is 0 Å². The molecule has 1 amide bonds. The maximum Gasteiger partial charge on any atom is 0.265 e. The van der Waals surface area contributed by atoms with Gasteiger partial charge < -0.3 is 19.9 Å². The molecular formula is C17H19NO4. The van der Waals surface area contributed by atoms with Crippen molar-refractivity contribution >= 4 is 11.6 Å². The monoisotopic (exact) mass is 301 g/mol. The summed E-state index contributed by atoms with van der Waals surface area (Å²) in [6, 6.07) is 12.0. The van der Waals surface area contributed by atoms with Crippen molar-refractivity contribution in [2.75, 3.05) is 12.4 Å². The SMILES string of the molecule is COc1ccc(OC(C)C(=O)Nc2cc(C)ccc2O)cc1. The fourth-order valence-corrected chi connectivity index (χ4v) is 1.90. The number of methoxy groups -OCH3 is 1. The molecule has 2 aromatic carbocycles. The van der Waals surface area contributed by atoms with Crippen LogP contribution in [-0.2, 0) is 4.79 Å². The number of hydrogen-bond acceptors (Lipinski definition) is 4. The molecule has 116 valence electrons. The van der Waals surface area contributed by atoms with Crippen LogP contribution in [0, 0.1) is 6.92 Å². The van der Waals surface area contributed by atoms with Gasteiger partial charge in [-0.25, -0.2) is 0 Å². The molecule has 0 aromatic heterocycles. The highest BCUT2D eigenvalue weighted by Crippen LogP contribution is 2.24. The van der Waals surface area contributed by atoms with Crippen molar-refractivity contribution in [3.05, 3.63) is 48.0 Å². The maximum atomic E-state index is 12.1. The standard InChI is InChI=1S/C17H19NO4/c1-11-4-9-16(19)15(10-11)18-17(20)12(2)22-14-7-5-13(21-3)6-8-14/h4-10,12,19H,1-3H3,(H,18,20). The molecule has 0 heterocycles. The molecule has 2 rings (SSSR count). The summed E-state index contributed by atoms with van der Waals surface area (Å²) in [5.74, 6) is 0.971. The number of carbonyl (C=O) groups is 1. The lowest BCUT2D eigenvalue weighted by Crippen LogP contribution is -2.30. The van der Waals surface area contributed by atoms with Crippen LogP contribution in [0.4, 0.5) is 5.69 Å². The molecule has 0 aliphatic rings. The van der Waals surface area contributed by atoms with Crippen LogP contribution in [0.25, 0.3) is 0 Å². The zero-order valence-corrected chi connectivity index (χ0v) is 12.8. The van der Waals surface area contributed by atoms with Gasteiger partial charge in [0.25, 0.3) is 5.91 Å². The van der Waals surface area contributed by atoms with Gasteiger partial charge in [-0.2, -0.15) is 0 Å². The second-order valence-corrected chi connectivity index (χ2v) is 4.95. The topological polar surface area (TPSA) is 67.8 Å². The number of phenolic OH excluding ortho intramolecular Hbond substituents is 1. The Hall–Kier alpha value is -2.69. The summed E-state index contributed by atoms with van der Waals surface area (Å²) in [6.07, 6.45) is -0.701. The predicted molar refractivity (Wildman–Crippen MR) is 84.6 cm³/mol. The van der Waals surface area contributed by atoms with Crippen molar-refractivity contribution in [1.82, 2.24) is 0 Å². The Morgan fingerprint density at radius 1 is 1.14 bits per heavy atom. The Labute approximate surface area is 129 Å². The van der Waals surface area contributed by atoms with Gasteiger partial charge in [-0.3, -0.25) is 4.79 Å². The second kappa shape index (κ2) is 6.85. The summed E-state index contributed by atoms with van der Waals surface area (Å²) in [7, 11) is 1.58. The number of carbonyl (C=O) groups excluding carboxylic acids is 1. The van der Waals surface area contributed by atoms with Crippen molar-refractivity contribution in [2.45, 2.75) is 20.0 Å². The van der Waals surface area contributed by atoms with E-state index in [0.29, 0.717) is 17.2 Å². The number of rotatable bonds is 5. The van der Waals surface area contributed by atoms with Crippen LogP contribution in [0.2, 0.25) is 0 Å². The third kappa shape index (κ3) is 3.91. The number of anilines is 1. The van der Waals surface area contributed by atoms with Crippen LogP contribution in [-0.4, -0.2) is 24.2 Å². The van der Waals surface area contributed by atoms with Crippen LogP contribution in [0.15, 0.2) is 42.5 Å². The third-order valence-electron chi connectivity index (χ3n) is 3.15. The molecule has 0 fully saturated rings. The van der Waals surface area contributed by atoms with Crippen molar-refractivity contribution < 1.29 is 19.4 Å². The van der Waals surface area contributed by atoms with E-state index in [-0.39, 0.29) is 11.7 Å². The quantitative estimate of drug-likeness (QED) is 0.833. The molecule has 0 spiro atoms. The summed E-state index contributed by atoms with van der Waals surface area (Å²) in [5, 5.41) is 12.4. The molecule has 5 heteroatoms. The fraction of sp³-hybridized carbons (Fsp3) is 0.235. The van der Waals surface area contributed by atoms with Gasteiger partial charge in [0.15, 0.2) is 6.10 Å². The number of hydrogen-bond donors (Lipinski definition) is 2. The summed E-state index contributed by atoms with van der Waals surface area (Å²) >= 11 is 0. The molecule has 22 heavy (non-hydrogen) atoms. The predicted octanol–water partition coefficient (Wildman–Crippen LogP) is 3.12. The Bertz CT molecular complexity index is 652. The number of aromatic hydroxyl groups is 1. The Morgan fingerprint density at radius 3 is 2.41 bits per heavy atom. The largest absolute Gasteiger partial charge is 0.506 e. The molecule has 1 unspecified atom stereocenters. The number of nitrogens with one attached hydrogen (secondary N) is 1. The van der Waals surface area contributed by atoms with E-state index in [1.54, 1.807) is 56.5 Å². The Morgan fingerprint density at radius 2 is 1.77 bits per heavy atom. The lowest BCUT2D eigenvalue weighted by molar-refractivity contribution is -0.122. The van der Waals surface area contributed by atoms with Gasteiger partial charge in [-0.05, 0) is 55.8 Å². The molecule has 2 N–H and O–H groups in total. The Balaban J connectivity index is 2.00. The van der Waals surface area contributed by atoms with E-state index < -0.39 is 6.10 Å². The first-order chi connectivity index (χ1) is 10.5.